The van der Waals surface area contributed by atoms with Gasteiger partial charge >= 0.3 is 0 Å². The average molecular weight is 299 g/mol. The lowest BCUT2D eigenvalue weighted by atomic mass is 9.92. The van der Waals surface area contributed by atoms with Crippen molar-refractivity contribution in [2.45, 2.75) is 39.1 Å². The second-order valence-electron chi connectivity index (χ2n) is 5.99. The van der Waals surface area contributed by atoms with Crippen LogP contribution in [-0.2, 0) is 12.4 Å². The summed E-state index contributed by atoms with van der Waals surface area (Å²) in [7, 11) is 0. The first kappa shape index (κ1) is 13.8. The molecule has 3 rings (SSSR count). The van der Waals surface area contributed by atoms with Crippen molar-refractivity contribution in [3.8, 4) is 0 Å². The molecule has 0 saturated heterocycles. The van der Waals surface area contributed by atoms with E-state index in [0.717, 1.165) is 18.9 Å². The number of benzene rings is 1. The highest BCUT2D eigenvalue weighted by Gasteiger charge is 2.46. The van der Waals surface area contributed by atoms with Gasteiger partial charge in [-0.05, 0) is 36.3 Å². The summed E-state index contributed by atoms with van der Waals surface area (Å²) in [6.07, 6.45) is 2.23. The van der Waals surface area contributed by atoms with Crippen molar-refractivity contribution >= 4 is 22.6 Å². The van der Waals surface area contributed by atoms with Crippen molar-refractivity contribution in [3.05, 3.63) is 29.6 Å². The molecule has 1 aliphatic carbocycles. The minimum atomic E-state index is -0.839. The van der Waals surface area contributed by atoms with Crippen molar-refractivity contribution in [3.63, 3.8) is 0 Å². The fraction of sp³-hybridized carbons (Fsp3) is 0.533. The van der Waals surface area contributed by atoms with E-state index in [1.807, 2.05) is 0 Å². The lowest BCUT2D eigenvalue weighted by Gasteiger charge is -2.21. The molecule has 0 atom stereocenters. The molecular weight excluding hydrogens is 282 g/mol. The highest BCUT2D eigenvalue weighted by atomic mass is 35.5. The Morgan fingerprint density at radius 1 is 1.35 bits per heavy atom. The van der Waals surface area contributed by atoms with Crippen LogP contribution in [0.1, 0.15) is 32.5 Å². The number of halogens is 3. The van der Waals surface area contributed by atoms with Crippen LogP contribution in [0.3, 0.4) is 0 Å². The number of hydrogen-bond donors (Lipinski definition) is 0. The van der Waals surface area contributed by atoms with Gasteiger partial charge in [-0.15, -0.1) is 11.6 Å². The van der Waals surface area contributed by atoms with Gasteiger partial charge in [0.1, 0.15) is 11.3 Å². The van der Waals surface area contributed by atoms with Crippen LogP contribution in [0.2, 0.25) is 0 Å². The van der Waals surface area contributed by atoms with E-state index in [4.69, 9.17) is 11.6 Å². The van der Waals surface area contributed by atoms with Crippen molar-refractivity contribution in [1.29, 1.82) is 0 Å². The molecule has 0 aliphatic heterocycles. The molecule has 1 fully saturated rings. The van der Waals surface area contributed by atoms with Crippen LogP contribution in [-0.4, -0.2) is 9.55 Å². The predicted molar refractivity (Wildman–Crippen MR) is 75.7 cm³/mol. The van der Waals surface area contributed by atoms with Gasteiger partial charge in [0.2, 0.25) is 0 Å². The van der Waals surface area contributed by atoms with Gasteiger partial charge < -0.3 is 4.57 Å². The van der Waals surface area contributed by atoms with E-state index in [1.54, 1.807) is 4.57 Å². The maximum Gasteiger partial charge on any atom is 0.184 e. The molecule has 1 saturated carbocycles. The Morgan fingerprint density at radius 3 is 2.60 bits per heavy atom. The number of imidazole rings is 1. The predicted octanol–water partition coefficient (Wildman–Crippen LogP) is 4.49. The van der Waals surface area contributed by atoms with Crippen LogP contribution in [0, 0.1) is 23.0 Å². The third-order valence-electron chi connectivity index (χ3n) is 4.59. The zero-order chi connectivity index (χ0) is 14.5. The number of alkyl halides is 1. The SMILES string of the molecule is CC(C)C1(Cn2c(CCl)nc3ccc(F)c(F)c32)CC1. The maximum atomic E-state index is 14.1. The van der Waals surface area contributed by atoms with Gasteiger partial charge in [0.25, 0.3) is 0 Å². The molecule has 0 unspecified atom stereocenters. The van der Waals surface area contributed by atoms with E-state index < -0.39 is 11.6 Å². The van der Waals surface area contributed by atoms with E-state index in [2.05, 4.69) is 18.8 Å². The molecule has 0 N–H and O–H groups in total. The van der Waals surface area contributed by atoms with Crippen LogP contribution in [0.4, 0.5) is 8.78 Å². The minimum Gasteiger partial charge on any atom is -0.324 e. The topological polar surface area (TPSA) is 17.8 Å². The Morgan fingerprint density at radius 2 is 2.05 bits per heavy atom. The normalized spacial score (nSPS) is 17.1. The highest BCUT2D eigenvalue weighted by Crippen LogP contribution is 2.53. The largest absolute Gasteiger partial charge is 0.324 e. The molecule has 0 amide bonds. The van der Waals surface area contributed by atoms with Gasteiger partial charge in [-0.1, -0.05) is 13.8 Å². The van der Waals surface area contributed by atoms with Crippen LogP contribution >= 0.6 is 11.6 Å². The third kappa shape index (κ3) is 2.01. The number of rotatable bonds is 4. The first-order chi connectivity index (χ1) is 9.48. The molecule has 0 spiro atoms. The molecular formula is C15H17ClF2N2. The zero-order valence-electron chi connectivity index (χ0n) is 11.6. The smallest absolute Gasteiger partial charge is 0.184 e. The summed E-state index contributed by atoms with van der Waals surface area (Å²) in [6.45, 7) is 5.00. The van der Waals surface area contributed by atoms with Gasteiger partial charge in [0.05, 0.1) is 11.4 Å². The molecule has 5 heteroatoms. The van der Waals surface area contributed by atoms with Crippen LogP contribution in [0.25, 0.3) is 11.0 Å². The van der Waals surface area contributed by atoms with Crippen molar-refractivity contribution < 1.29 is 8.78 Å². The van der Waals surface area contributed by atoms with Crippen molar-refractivity contribution in [2.24, 2.45) is 11.3 Å². The monoisotopic (exact) mass is 298 g/mol. The summed E-state index contributed by atoms with van der Waals surface area (Å²) >= 11 is 5.92. The molecule has 2 nitrogen and oxygen atoms in total. The molecule has 108 valence electrons. The van der Waals surface area contributed by atoms with Gasteiger partial charge in [-0.25, -0.2) is 13.8 Å². The second kappa shape index (κ2) is 4.69. The molecule has 0 bridgehead atoms. The molecule has 1 heterocycles. The maximum absolute atomic E-state index is 14.1. The van der Waals surface area contributed by atoms with E-state index >= 15 is 0 Å². The van der Waals surface area contributed by atoms with Gasteiger partial charge in [-0.3, -0.25) is 0 Å². The van der Waals surface area contributed by atoms with E-state index in [9.17, 15) is 8.78 Å². The Balaban J connectivity index is 2.15. The van der Waals surface area contributed by atoms with Crippen molar-refractivity contribution in [2.75, 3.05) is 0 Å². The quantitative estimate of drug-likeness (QED) is 0.761. The first-order valence-electron chi connectivity index (χ1n) is 6.87. The molecule has 0 radical (unpaired) electrons. The lowest BCUT2D eigenvalue weighted by Crippen LogP contribution is -2.19. The van der Waals surface area contributed by atoms with Crippen LogP contribution < -0.4 is 0 Å². The summed E-state index contributed by atoms with van der Waals surface area (Å²) in [5.41, 5.74) is 0.888. The average Bonchev–Trinajstić information content (AvgIpc) is 3.11. The fourth-order valence-electron chi connectivity index (χ4n) is 2.87. The summed E-state index contributed by atoms with van der Waals surface area (Å²) in [4.78, 5) is 4.33. The molecule has 1 aliphatic rings. The van der Waals surface area contributed by atoms with Crippen LogP contribution in [0.5, 0.6) is 0 Å². The summed E-state index contributed by atoms with van der Waals surface area (Å²) < 4.78 is 29.4. The third-order valence-corrected chi connectivity index (χ3v) is 4.83. The Hall–Kier alpha value is -1.16. The van der Waals surface area contributed by atoms with Crippen molar-refractivity contribution in [1.82, 2.24) is 9.55 Å². The van der Waals surface area contributed by atoms with Gasteiger partial charge in [0, 0.05) is 6.54 Å². The minimum absolute atomic E-state index is 0.174. The standard InChI is InChI=1S/C15H17ClF2N2/c1-9(2)15(5-6-15)8-20-12(7-16)19-11-4-3-10(17)13(18)14(11)20/h3-4,9H,5-8H2,1-2H3. The zero-order valence-corrected chi connectivity index (χ0v) is 12.3. The van der Waals surface area contributed by atoms with E-state index in [-0.39, 0.29) is 16.8 Å². The van der Waals surface area contributed by atoms with E-state index in [0.29, 0.717) is 23.8 Å². The Kier molecular flexibility index (Phi) is 3.24. The molecule has 20 heavy (non-hydrogen) atoms. The highest BCUT2D eigenvalue weighted by molar-refractivity contribution is 6.16. The molecule has 2 aromatic rings. The van der Waals surface area contributed by atoms with Gasteiger partial charge in [0.15, 0.2) is 11.6 Å². The van der Waals surface area contributed by atoms with Gasteiger partial charge in [-0.2, -0.15) is 0 Å². The summed E-state index contributed by atoms with van der Waals surface area (Å²) in [5, 5.41) is 0. The second-order valence-corrected chi connectivity index (χ2v) is 6.26. The number of aromatic nitrogens is 2. The molecule has 1 aromatic carbocycles. The Labute approximate surface area is 121 Å². The Bertz CT molecular complexity index is 659. The number of hydrogen-bond acceptors (Lipinski definition) is 1. The van der Waals surface area contributed by atoms with Crippen LogP contribution in [0.15, 0.2) is 12.1 Å². The lowest BCUT2D eigenvalue weighted by molar-refractivity contribution is 0.308. The molecule has 1 aromatic heterocycles. The summed E-state index contributed by atoms with van der Waals surface area (Å²) in [5.74, 6) is -0.359. The number of fused-ring (bicyclic) bond motifs is 1. The fourth-order valence-corrected chi connectivity index (χ4v) is 3.08. The number of nitrogens with zero attached hydrogens (tertiary/aromatic N) is 2. The first-order valence-corrected chi connectivity index (χ1v) is 7.41. The van der Waals surface area contributed by atoms with E-state index in [1.165, 1.54) is 6.07 Å². The summed E-state index contributed by atoms with van der Waals surface area (Å²) in [6, 6.07) is 2.62.